The van der Waals surface area contributed by atoms with Gasteiger partial charge in [0, 0.05) is 26.2 Å². The molecule has 9 heteroatoms. The van der Waals surface area contributed by atoms with Crippen molar-refractivity contribution in [2.75, 3.05) is 59.4 Å². The minimum Gasteiger partial charge on any atom is -0.444 e. The van der Waals surface area contributed by atoms with Crippen LogP contribution in [-0.4, -0.2) is 92.4 Å². The molecular weight excluding hydrogens is 495 g/mol. The molecule has 8 nitrogen and oxygen atoms in total. The molecule has 0 aromatic heterocycles. The van der Waals surface area contributed by atoms with E-state index < -0.39 is 17.2 Å². The molecule has 0 aromatic carbocycles. The van der Waals surface area contributed by atoms with Crippen LogP contribution >= 0.6 is 24.0 Å². The van der Waals surface area contributed by atoms with Crippen molar-refractivity contribution >= 4 is 36.0 Å². The molecule has 0 aliphatic carbocycles. The quantitative estimate of drug-likeness (QED) is 0.190. The molecule has 0 spiro atoms. The van der Waals surface area contributed by atoms with E-state index in [1.807, 2.05) is 34.6 Å². The number of nitrogens with zero attached hydrogens (tertiary/aromatic N) is 3. The highest BCUT2D eigenvalue weighted by Gasteiger charge is 2.24. The first-order chi connectivity index (χ1) is 13.5. The van der Waals surface area contributed by atoms with Gasteiger partial charge in [-0.05, 0) is 81.1 Å². The van der Waals surface area contributed by atoms with Gasteiger partial charge >= 0.3 is 6.09 Å². The third-order valence-corrected chi connectivity index (χ3v) is 4.57. The maximum atomic E-state index is 12.0. The molecule has 1 rings (SSSR count). The number of hydrogen-bond donors (Lipinski definition) is 3. The van der Waals surface area contributed by atoms with Crippen LogP contribution in [-0.2, 0) is 4.74 Å². The molecule has 3 N–H and O–H groups in total. The summed E-state index contributed by atoms with van der Waals surface area (Å²) in [6, 6.07) is 0. The predicted octanol–water partition coefficient (Wildman–Crippen LogP) is 2.49. The lowest BCUT2D eigenvalue weighted by molar-refractivity contribution is 0.0476. The van der Waals surface area contributed by atoms with Crippen LogP contribution < -0.4 is 16.0 Å². The Hall–Kier alpha value is -0.810. The molecule has 1 saturated heterocycles. The summed E-state index contributed by atoms with van der Waals surface area (Å²) in [5.74, 6) is 0.780. The van der Waals surface area contributed by atoms with Gasteiger partial charge in [-0.3, -0.25) is 4.99 Å². The van der Waals surface area contributed by atoms with Gasteiger partial charge in [-0.2, -0.15) is 0 Å². The Labute approximate surface area is 201 Å². The second-order valence-electron chi connectivity index (χ2n) is 9.48. The highest BCUT2D eigenvalue weighted by Crippen LogP contribution is 2.09. The van der Waals surface area contributed by atoms with Crippen molar-refractivity contribution in [2.24, 2.45) is 4.99 Å². The Balaban J connectivity index is 0.00000841. The summed E-state index contributed by atoms with van der Waals surface area (Å²) >= 11 is 0. The normalized spacial score (nSPS) is 17.0. The average Bonchev–Trinajstić information content (AvgIpc) is 2.78. The SMILES string of the molecule is CCNC(=NCC(C)(C)NC(=O)OC(C)(C)C)NCCCN1CCCN(C)CC1.I. The van der Waals surface area contributed by atoms with E-state index >= 15 is 0 Å². The van der Waals surface area contributed by atoms with Crippen LogP contribution in [0.3, 0.4) is 0 Å². The molecule has 0 bridgehead atoms. The van der Waals surface area contributed by atoms with Crippen LogP contribution in [0.2, 0.25) is 0 Å². The number of rotatable bonds is 8. The number of aliphatic imine (C=N–C) groups is 1. The molecule has 0 atom stereocenters. The zero-order valence-corrected chi connectivity index (χ0v) is 22.5. The second kappa shape index (κ2) is 14.3. The summed E-state index contributed by atoms with van der Waals surface area (Å²) in [4.78, 5) is 21.6. The van der Waals surface area contributed by atoms with Gasteiger partial charge in [0.15, 0.2) is 5.96 Å². The summed E-state index contributed by atoms with van der Waals surface area (Å²) in [5, 5.41) is 9.58. The zero-order valence-electron chi connectivity index (χ0n) is 20.1. The van der Waals surface area contributed by atoms with E-state index in [4.69, 9.17) is 4.74 Å². The molecule has 1 amide bonds. The van der Waals surface area contributed by atoms with E-state index in [0.717, 1.165) is 45.1 Å². The molecule has 1 heterocycles. The maximum Gasteiger partial charge on any atom is 0.408 e. The minimum absolute atomic E-state index is 0. The van der Waals surface area contributed by atoms with E-state index in [2.05, 4.69) is 44.7 Å². The van der Waals surface area contributed by atoms with E-state index in [1.165, 1.54) is 19.5 Å². The fourth-order valence-electron chi connectivity index (χ4n) is 3.07. The van der Waals surface area contributed by atoms with Crippen molar-refractivity contribution in [3.05, 3.63) is 0 Å². The summed E-state index contributed by atoms with van der Waals surface area (Å²) < 4.78 is 5.34. The van der Waals surface area contributed by atoms with Crippen molar-refractivity contribution < 1.29 is 9.53 Å². The lowest BCUT2D eigenvalue weighted by Crippen LogP contribution is -2.49. The maximum absolute atomic E-state index is 12.0. The summed E-state index contributed by atoms with van der Waals surface area (Å²) in [5.41, 5.74) is -1.01. The van der Waals surface area contributed by atoms with Gasteiger partial charge < -0.3 is 30.5 Å². The van der Waals surface area contributed by atoms with Crippen LogP contribution in [0.5, 0.6) is 0 Å². The Morgan fingerprint density at radius 1 is 1.07 bits per heavy atom. The van der Waals surface area contributed by atoms with Crippen LogP contribution in [0.4, 0.5) is 4.79 Å². The van der Waals surface area contributed by atoms with Gasteiger partial charge in [-0.15, -0.1) is 24.0 Å². The fourth-order valence-corrected chi connectivity index (χ4v) is 3.07. The number of halogens is 1. The lowest BCUT2D eigenvalue weighted by atomic mass is 10.1. The molecule has 0 aromatic rings. The fraction of sp³-hybridized carbons (Fsp3) is 0.905. The van der Waals surface area contributed by atoms with Crippen molar-refractivity contribution in [1.29, 1.82) is 0 Å². The predicted molar refractivity (Wildman–Crippen MR) is 136 cm³/mol. The summed E-state index contributed by atoms with van der Waals surface area (Å²) in [6.07, 6.45) is 1.90. The van der Waals surface area contributed by atoms with Crippen LogP contribution in [0.1, 0.15) is 54.4 Å². The number of likely N-dealkylation sites (N-methyl/N-ethyl adjacent to an activating group) is 1. The zero-order chi connectivity index (χ0) is 21.9. The number of nitrogens with one attached hydrogen (secondary N) is 3. The van der Waals surface area contributed by atoms with Crippen LogP contribution in [0, 0.1) is 0 Å². The average molecular weight is 541 g/mol. The molecule has 0 unspecified atom stereocenters. The van der Waals surface area contributed by atoms with Gasteiger partial charge in [-0.1, -0.05) is 0 Å². The Morgan fingerprint density at radius 2 is 1.77 bits per heavy atom. The van der Waals surface area contributed by atoms with E-state index in [1.54, 1.807) is 0 Å². The summed E-state index contributed by atoms with van der Waals surface area (Å²) in [7, 11) is 2.20. The molecule has 0 saturated carbocycles. The Kier molecular flexibility index (Phi) is 13.9. The molecule has 0 radical (unpaired) electrons. The largest absolute Gasteiger partial charge is 0.444 e. The van der Waals surface area contributed by atoms with Crippen molar-refractivity contribution in [3.63, 3.8) is 0 Å². The Morgan fingerprint density at radius 3 is 2.40 bits per heavy atom. The highest BCUT2D eigenvalue weighted by molar-refractivity contribution is 14.0. The lowest BCUT2D eigenvalue weighted by Gasteiger charge is -2.27. The van der Waals surface area contributed by atoms with Gasteiger partial charge in [0.25, 0.3) is 0 Å². The monoisotopic (exact) mass is 540 g/mol. The number of alkyl carbamates (subject to hydrolysis) is 1. The number of carbonyl (C=O) groups excluding carboxylic acids is 1. The molecule has 178 valence electrons. The third-order valence-electron chi connectivity index (χ3n) is 4.57. The smallest absolute Gasteiger partial charge is 0.408 e. The van der Waals surface area contributed by atoms with Gasteiger partial charge in [0.05, 0.1) is 12.1 Å². The molecule has 1 fully saturated rings. The van der Waals surface area contributed by atoms with E-state index in [9.17, 15) is 4.79 Å². The first-order valence-electron chi connectivity index (χ1n) is 10.9. The van der Waals surface area contributed by atoms with Crippen molar-refractivity contribution in [2.45, 2.75) is 65.5 Å². The third kappa shape index (κ3) is 14.2. The number of guanidine groups is 1. The number of hydrogen-bond acceptors (Lipinski definition) is 5. The van der Waals surface area contributed by atoms with Gasteiger partial charge in [0.1, 0.15) is 5.60 Å². The van der Waals surface area contributed by atoms with Crippen molar-refractivity contribution in [1.82, 2.24) is 25.8 Å². The summed E-state index contributed by atoms with van der Waals surface area (Å²) in [6.45, 7) is 19.4. The van der Waals surface area contributed by atoms with Crippen LogP contribution in [0.15, 0.2) is 4.99 Å². The number of ether oxygens (including phenoxy) is 1. The Bertz CT molecular complexity index is 522. The van der Waals surface area contributed by atoms with E-state index in [0.29, 0.717) is 6.54 Å². The second-order valence-corrected chi connectivity index (χ2v) is 9.48. The molecule has 1 aliphatic heterocycles. The molecular formula is C21H45IN6O2. The highest BCUT2D eigenvalue weighted by atomic mass is 127. The number of carbonyl (C=O) groups is 1. The minimum atomic E-state index is -0.511. The standard InChI is InChI=1S/C21H44N6O2.HI/c1-8-22-18(23-11-9-13-27-14-10-12-26(7)15-16-27)24-17-21(5,6)25-19(28)29-20(2,3)4;/h8-17H2,1-7H3,(H,25,28)(H2,22,23,24);1H. The molecule has 30 heavy (non-hydrogen) atoms. The van der Waals surface area contributed by atoms with E-state index in [-0.39, 0.29) is 24.0 Å². The van der Waals surface area contributed by atoms with Gasteiger partial charge in [0.2, 0.25) is 0 Å². The first kappa shape index (κ1) is 29.2. The van der Waals surface area contributed by atoms with Crippen LogP contribution in [0.25, 0.3) is 0 Å². The van der Waals surface area contributed by atoms with Crippen molar-refractivity contribution in [3.8, 4) is 0 Å². The number of amides is 1. The molecule has 1 aliphatic rings. The van der Waals surface area contributed by atoms with Gasteiger partial charge in [-0.25, -0.2) is 4.79 Å². The topological polar surface area (TPSA) is 81.2 Å². The first-order valence-corrected chi connectivity index (χ1v) is 10.9.